The Morgan fingerprint density at radius 2 is 1.76 bits per heavy atom. The van der Waals surface area contributed by atoms with Gasteiger partial charge in [0.05, 0.1) is 25.0 Å². The van der Waals surface area contributed by atoms with Gasteiger partial charge < -0.3 is 9.47 Å². The number of rotatable bonds is 8. The van der Waals surface area contributed by atoms with Crippen LogP contribution in [0, 0.1) is 0 Å². The van der Waals surface area contributed by atoms with Gasteiger partial charge in [-0.3, -0.25) is 10.2 Å². The topological polar surface area (TPSA) is 93.7 Å². The van der Waals surface area contributed by atoms with Crippen molar-refractivity contribution in [3.05, 3.63) is 54.1 Å². The zero-order chi connectivity index (χ0) is 18.3. The zero-order valence-corrected chi connectivity index (χ0v) is 14.8. The van der Waals surface area contributed by atoms with Crippen LogP contribution in [0.15, 0.2) is 53.4 Å². The third-order valence-corrected chi connectivity index (χ3v) is 4.58. The number of benzene rings is 2. The summed E-state index contributed by atoms with van der Waals surface area (Å²) in [6.07, 6.45) is -0.0180. The fraction of sp³-hybridized carbons (Fsp3) is 0.235. The summed E-state index contributed by atoms with van der Waals surface area (Å²) in [7, 11) is -2.36. The van der Waals surface area contributed by atoms with Gasteiger partial charge >= 0.3 is 0 Å². The molecule has 1 amide bonds. The van der Waals surface area contributed by atoms with Crippen LogP contribution in [0.25, 0.3) is 0 Å². The summed E-state index contributed by atoms with van der Waals surface area (Å²) in [5.41, 5.74) is 2.85. The third kappa shape index (κ3) is 5.20. The van der Waals surface area contributed by atoms with Crippen LogP contribution < -0.4 is 19.7 Å². The Balaban J connectivity index is 1.98. The van der Waals surface area contributed by atoms with Crippen molar-refractivity contribution in [2.24, 2.45) is 0 Å². The van der Waals surface area contributed by atoms with Crippen LogP contribution in [0.5, 0.6) is 11.5 Å². The Morgan fingerprint density at radius 3 is 2.40 bits per heavy atom. The first-order valence-electron chi connectivity index (χ1n) is 7.61. The van der Waals surface area contributed by atoms with Crippen LogP contribution in [0.1, 0.15) is 12.5 Å². The molecule has 0 saturated heterocycles. The summed E-state index contributed by atoms with van der Waals surface area (Å²) in [4.78, 5) is 14.1. The number of hydrogen-bond acceptors (Lipinski definition) is 5. The van der Waals surface area contributed by atoms with E-state index >= 15 is 0 Å². The lowest BCUT2D eigenvalue weighted by Gasteiger charge is -2.11. The lowest BCUT2D eigenvalue weighted by molar-refractivity contribution is -0.120. The number of carbonyl (C=O) groups is 1. The van der Waals surface area contributed by atoms with Crippen LogP contribution in [-0.2, 0) is 21.2 Å². The maximum atomic E-state index is 12.2. The van der Waals surface area contributed by atoms with Crippen molar-refractivity contribution >= 4 is 15.9 Å². The largest absolute Gasteiger partial charge is 0.496 e. The molecular weight excluding hydrogens is 344 g/mol. The first-order chi connectivity index (χ1) is 12.0. The second-order valence-corrected chi connectivity index (χ2v) is 6.73. The first kappa shape index (κ1) is 18.8. The molecule has 0 heterocycles. The quantitative estimate of drug-likeness (QED) is 0.695. The summed E-state index contributed by atoms with van der Waals surface area (Å²) >= 11 is 0. The molecule has 2 aromatic rings. The number of hydrazine groups is 1. The number of amides is 1. The highest BCUT2D eigenvalue weighted by Gasteiger charge is 2.16. The molecule has 2 rings (SSSR count). The maximum Gasteiger partial charge on any atom is 0.257 e. The standard InChI is InChI=1S/C17H20N2O5S/c1-3-24-14-8-10-15(11-9-14)25(21,22)19-18-17(20)12-13-6-4-5-7-16(13)23-2/h4-11,19H,3,12H2,1-2H3,(H,18,20). The highest BCUT2D eigenvalue weighted by atomic mass is 32.2. The maximum absolute atomic E-state index is 12.2. The Hall–Kier alpha value is -2.58. The van der Waals surface area contributed by atoms with Gasteiger partial charge in [0.15, 0.2) is 0 Å². The van der Waals surface area contributed by atoms with Crippen molar-refractivity contribution in [1.29, 1.82) is 0 Å². The van der Waals surface area contributed by atoms with Crippen molar-refractivity contribution in [1.82, 2.24) is 10.3 Å². The molecule has 25 heavy (non-hydrogen) atoms. The normalized spacial score (nSPS) is 11.0. The van der Waals surface area contributed by atoms with Crippen LogP contribution in [0.4, 0.5) is 0 Å². The van der Waals surface area contributed by atoms with Crippen molar-refractivity contribution in [2.45, 2.75) is 18.2 Å². The van der Waals surface area contributed by atoms with Crippen LogP contribution in [0.3, 0.4) is 0 Å². The summed E-state index contributed by atoms with van der Waals surface area (Å²) in [5.74, 6) is 0.632. The van der Waals surface area contributed by atoms with Crippen molar-refractivity contribution in [2.75, 3.05) is 13.7 Å². The van der Waals surface area contributed by atoms with E-state index in [0.29, 0.717) is 23.7 Å². The molecule has 0 radical (unpaired) electrons. The SMILES string of the molecule is CCOc1ccc(S(=O)(=O)NNC(=O)Cc2ccccc2OC)cc1. The number of methoxy groups -OCH3 is 1. The Bertz CT molecular complexity index is 819. The van der Waals surface area contributed by atoms with Crippen LogP contribution in [0.2, 0.25) is 0 Å². The lowest BCUT2D eigenvalue weighted by Crippen LogP contribution is -2.42. The molecule has 0 aliphatic carbocycles. The first-order valence-corrected chi connectivity index (χ1v) is 9.10. The number of carbonyl (C=O) groups excluding carboxylic acids is 1. The third-order valence-electron chi connectivity index (χ3n) is 3.31. The predicted octanol–water partition coefficient (Wildman–Crippen LogP) is 1.65. The molecule has 0 aliphatic rings. The van der Waals surface area contributed by atoms with E-state index in [1.54, 1.807) is 36.4 Å². The average molecular weight is 364 g/mol. The minimum atomic E-state index is -3.86. The summed E-state index contributed by atoms with van der Waals surface area (Å²) in [5, 5.41) is 0. The van der Waals surface area contributed by atoms with Gasteiger partial charge in [-0.05, 0) is 37.3 Å². The molecule has 0 aliphatic heterocycles. The molecule has 2 aromatic carbocycles. The van der Waals surface area contributed by atoms with Gasteiger partial charge in [0.25, 0.3) is 10.0 Å². The van der Waals surface area contributed by atoms with E-state index in [1.807, 2.05) is 6.92 Å². The number of sulfonamides is 1. The number of hydrogen-bond donors (Lipinski definition) is 2. The predicted molar refractivity (Wildman–Crippen MR) is 92.8 cm³/mol. The monoisotopic (exact) mass is 364 g/mol. The summed E-state index contributed by atoms with van der Waals surface area (Å²) in [6.45, 7) is 2.33. The zero-order valence-electron chi connectivity index (χ0n) is 14.0. The Kier molecular flexibility index (Phi) is 6.37. The Labute approximate surface area is 147 Å². The molecule has 8 heteroatoms. The van der Waals surface area contributed by atoms with E-state index in [-0.39, 0.29) is 11.3 Å². The molecule has 0 atom stereocenters. The second-order valence-electron chi connectivity index (χ2n) is 5.05. The van der Waals surface area contributed by atoms with Crippen molar-refractivity contribution in [3.63, 3.8) is 0 Å². The highest BCUT2D eigenvalue weighted by Crippen LogP contribution is 2.18. The highest BCUT2D eigenvalue weighted by molar-refractivity contribution is 7.89. The molecule has 7 nitrogen and oxygen atoms in total. The fourth-order valence-electron chi connectivity index (χ4n) is 2.13. The van der Waals surface area contributed by atoms with Gasteiger partial charge in [0.2, 0.25) is 5.91 Å². The van der Waals surface area contributed by atoms with E-state index in [1.165, 1.54) is 19.2 Å². The molecule has 0 saturated carbocycles. The van der Waals surface area contributed by atoms with Gasteiger partial charge in [-0.1, -0.05) is 18.2 Å². The molecule has 0 unspecified atom stereocenters. The number of para-hydroxylation sites is 1. The van der Waals surface area contributed by atoms with Gasteiger partial charge in [-0.2, -0.15) is 0 Å². The molecule has 0 spiro atoms. The lowest BCUT2D eigenvalue weighted by atomic mass is 10.1. The molecular formula is C17H20N2O5S. The minimum absolute atomic E-state index is 0.0180. The fourth-order valence-corrected chi connectivity index (χ4v) is 2.99. The van der Waals surface area contributed by atoms with Crippen LogP contribution >= 0.6 is 0 Å². The van der Waals surface area contributed by atoms with E-state index in [2.05, 4.69) is 10.3 Å². The van der Waals surface area contributed by atoms with E-state index < -0.39 is 15.9 Å². The number of nitrogens with one attached hydrogen (secondary N) is 2. The van der Waals surface area contributed by atoms with Gasteiger partial charge in [-0.25, -0.2) is 8.42 Å². The van der Waals surface area contributed by atoms with Crippen molar-refractivity contribution < 1.29 is 22.7 Å². The molecule has 134 valence electrons. The molecule has 0 fully saturated rings. The smallest absolute Gasteiger partial charge is 0.257 e. The van der Waals surface area contributed by atoms with Gasteiger partial charge in [-0.15, -0.1) is 4.83 Å². The molecule has 2 N–H and O–H groups in total. The second kappa shape index (κ2) is 8.50. The van der Waals surface area contributed by atoms with Gasteiger partial charge in [0.1, 0.15) is 11.5 Å². The molecule has 0 bridgehead atoms. The van der Waals surface area contributed by atoms with Crippen molar-refractivity contribution in [3.8, 4) is 11.5 Å². The van der Waals surface area contributed by atoms with E-state index in [4.69, 9.17) is 9.47 Å². The summed E-state index contributed by atoms with van der Waals surface area (Å²) in [6, 6.07) is 12.9. The minimum Gasteiger partial charge on any atom is -0.496 e. The van der Waals surface area contributed by atoms with Gasteiger partial charge in [0, 0.05) is 5.56 Å². The molecule has 0 aromatic heterocycles. The van der Waals surface area contributed by atoms with E-state index in [0.717, 1.165) is 0 Å². The van der Waals surface area contributed by atoms with Crippen LogP contribution in [-0.4, -0.2) is 28.0 Å². The Morgan fingerprint density at radius 1 is 1.08 bits per heavy atom. The average Bonchev–Trinajstić information content (AvgIpc) is 2.61. The number of ether oxygens (including phenoxy) is 2. The van der Waals surface area contributed by atoms with E-state index in [9.17, 15) is 13.2 Å². The summed E-state index contributed by atoms with van der Waals surface area (Å²) < 4.78 is 34.8.